The molecule has 2 nitrogen and oxygen atoms in total. The molecule has 0 aromatic heterocycles. The first kappa shape index (κ1) is 16.4. The van der Waals surface area contributed by atoms with E-state index in [-0.39, 0.29) is 0 Å². The van der Waals surface area contributed by atoms with Gasteiger partial charge in [-0.05, 0) is 0 Å². The first-order valence-corrected chi connectivity index (χ1v) is 13.5. The van der Waals surface area contributed by atoms with Gasteiger partial charge in [0.05, 0.1) is 0 Å². The Labute approximate surface area is 127 Å². The third-order valence-electron chi connectivity index (χ3n) is 2.96. The summed E-state index contributed by atoms with van der Waals surface area (Å²) >= 11 is 13.5. The zero-order valence-corrected chi connectivity index (χ0v) is 15.4. The molecule has 0 heterocycles. The van der Waals surface area contributed by atoms with Crippen LogP contribution in [0.25, 0.3) is 0 Å². The van der Waals surface area contributed by atoms with Crippen LogP contribution in [0, 0.1) is 0 Å². The summed E-state index contributed by atoms with van der Waals surface area (Å²) in [6, 6.07) is 9.80. The molecule has 1 rings (SSSR count). The monoisotopic (exact) mass is 416 g/mol. The molecule has 0 N–H and O–H groups in total. The Morgan fingerprint density at radius 1 is 1.17 bits per heavy atom. The molecule has 0 amide bonds. The molecule has 0 saturated heterocycles. The van der Waals surface area contributed by atoms with Crippen LogP contribution in [-0.2, 0) is 7.87 Å². The fraction of sp³-hybridized carbons (Fsp3) is 0.417. The van der Waals surface area contributed by atoms with Gasteiger partial charge in [-0.15, -0.1) is 0 Å². The van der Waals surface area contributed by atoms with E-state index in [0.29, 0.717) is 0 Å². The summed E-state index contributed by atoms with van der Waals surface area (Å²) in [7, 11) is 0. The number of carbonyl (C=O) groups excluding carboxylic acids is 1. The number of hydrogen-bond donors (Lipinski definition) is 0. The minimum atomic E-state index is -3.24. The van der Waals surface area contributed by atoms with Gasteiger partial charge >= 0.3 is 128 Å². The van der Waals surface area contributed by atoms with Crippen molar-refractivity contribution in [2.75, 3.05) is 0 Å². The van der Waals surface area contributed by atoms with E-state index >= 15 is 0 Å². The number of rotatable bonds is 4. The van der Waals surface area contributed by atoms with E-state index in [2.05, 4.69) is 0 Å². The SMILES string of the molecule is C[CH2][Sn]([CH2]C)([O]C(=O)C(Cl)(Cl)Cl)[c]1ccccc1. The normalized spacial score (nSPS) is 12.3. The maximum absolute atomic E-state index is 11.8. The van der Waals surface area contributed by atoms with Crippen LogP contribution in [0.1, 0.15) is 13.8 Å². The first-order valence-electron chi connectivity index (χ1n) is 5.71. The molecule has 100 valence electrons. The molecule has 0 bridgehead atoms. The van der Waals surface area contributed by atoms with Gasteiger partial charge in [0, 0.05) is 0 Å². The fourth-order valence-corrected chi connectivity index (χ4v) is 11.2. The molecule has 0 radical (unpaired) electrons. The molecular formula is C12H15Cl3O2Sn. The second-order valence-electron chi connectivity index (χ2n) is 3.95. The van der Waals surface area contributed by atoms with Gasteiger partial charge in [-0.1, -0.05) is 0 Å². The Kier molecular flexibility index (Phi) is 6.10. The molecule has 6 heteroatoms. The third kappa shape index (κ3) is 3.92. The van der Waals surface area contributed by atoms with Crippen molar-refractivity contribution in [1.82, 2.24) is 0 Å². The third-order valence-corrected chi connectivity index (χ3v) is 15.5. The number of alkyl halides is 3. The average Bonchev–Trinajstić information content (AvgIpc) is 2.35. The van der Waals surface area contributed by atoms with Gasteiger partial charge in [-0.25, -0.2) is 0 Å². The van der Waals surface area contributed by atoms with Gasteiger partial charge in [-0.2, -0.15) is 0 Å². The zero-order valence-electron chi connectivity index (χ0n) is 10.3. The quantitative estimate of drug-likeness (QED) is 0.552. The van der Waals surface area contributed by atoms with E-state index in [1.165, 1.54) is 0 Å². The predicted molar refractivity (Wildman–Crippen MR) is 79.2 cm³/mol. The van der Waals surface area contributed by atoms with Gasteiger partial charge in [0.25, 0.3) is 0 Å². The topological polar surface area (TPSA) is 26.3 Å². The van der Waals surface area contributed by atoms with Crippen LogP contribution in [0.3, 0.4) is 0 Å². The van der Waals surface area contributed by atoms with Crippen molar-refractivity contribution < 1.29 is 7.87 Å². The summed E-state index contributed by atoms with van der Waals surface area (Å²) in [5.41, 5.74) is 0. The summed E-state index contributed by atoms with van der Waals surface area (Å²) in [4.78, 5) is 11.8. The Morgan fingerprint density at radius 2 is 1.67 bits per heavy atom. The molecule has 0 atom stereocenters. The van der Waals surface area contributed by atoms with Crippen LogP contribution in [0.2, 0.25) is 8.87 Å². The summed E-state index contributed by atoms with van der Waals surface area (Å²) in [5, 5.41) is 0. The van der Waals surface area contributed by atoms with Crippen LogP contribution in [0.5, 0.6) is 0 Å². The first-order chi connectivity index (χ1) is 8.35. The van der Waals surface area contributed by atoms with E-state index in [1.807, 2.05) is 44.2 Å². The second-order valence-corrected chi connectivity index (χ2v) is 18.2. The Bertz CT molecular complexity index is 400. The molecule has 0 aliphatic rings. The van der Waals surface area contributed by atoms with Gasteiger partial charge in [0.1, 0.15) is 0 Å². The molecule has 1 aromatic rings. The van der Waals surface area contributed by atoms with E-state index in [1.54, 1.807) is 0 Å². The molecular weight excluding hydrogens is 401 g/mol. The summed E-state index contributed by atoms with van der Waals surface area (Å²) in [5.74, 6) is -0.754. The van der Waals surface area contributed by atoms with E-state index in [4.69, 9.17) is 37.9 Å². The standard InChI is InChI=1S/C6H5.C2HCl3O2.2C2H5.Sn/c1-2-4-6-5-3-1;3-2(4,5)1(6)7;2*1-2;/h1-5H;(H,6,7);2*1H2,2H3;/q;;;;+1/p-1. The van der Waals surface area contributed by atoms with Crippen molar-refractivity contribution in [1.29, 1.82) is 0 Å². The molecule has 0 unspecified atom stereocenters. The molecule has 18 heavy (non-hydrogen) atoms. The Morgan fingerprint density at radius 3 is 2.06 bits per heavy atom. The van der Waals surface area contributed by atoms with Crippen LogP contribution in [0.4, 0.5) is 0 Å². The fourth-order valence-electron chi connectivity index (χ4n) is 1.84. The van der Waals surface area contributed by atoms with Gasteiger partial charge in [0.15, 0.2) is 0 Å². The van der Waals surface area contributed by atoms with Crippen LogP contribution >= 0.6 is 34.8 Å². The van der Waals surface area contributed by atoms with Crippen molar-refractivity contribution in [3.8, 4) is 0 Å². The molecule has 0 aliphatic heterocycles. The molecule has 1 aromatic carbocycles. The molecule has 0 aliphatic carbocycles. The predicted octanol–water partition coefficient (Wildman–Crippen LogP) is 3.79. The van der Waals surface area contributed by atoms with Gasteiger partial charge < -0.3 is 0 Å². The summed E-state index contributed by atoms with van der Waals surface area (Å²) in [6.45, 7) is 4.05. The van der Waals surface area contributed by atoms with Crippen molar-refractivity contribution in [2.24, 2.45) is 0 Å². The minimum absolute atomic E-state index is 0.754. The van der Waals surface area contributed by atoms with Crippen molar-refractivity contribution >= 4 is 63.1 Å². The number of hydrogen-bond acceptors (Lipinski definition) is 2. The van der Waals surface area contributed by atoms with Crippen LogP contribution in [-0.4, -0.2) is 28.6 Å². The van der Waals surface area contributed by atoms with E-state index < -0.39 is 28.6 Å². The average molecular weight is 416 g/mol. The Hall–Kier alpha value is 0.359. The van der Waals surface area contributed by atoms with E-state index in [9.17, 15) is 4.79 Å². The molecule has 0 spiro atoms. The Balaban J connectivity index is 3.06. The maximum atomic E-state index is 11.8. The number of carbonyl (C=O) groups is 1. The molecule has 0 fully saturated rings. The van der Waals surface area contributed by atoms with E-state index in [0.717, 1.165) is 12.5 Å². The summed E-state index contributed by atoms with van der Waals surface area (Å²) in [6.07, 6.45) is 0. The number of halogens is 3. The zero-order chi connectivity index (χ0) is 13.8. The second kappa shape index (κ2) is 6.69. The van der Waals surface area contributed by atoms with Gasteiger partial charge in [-0.3, -0.25) is 0 Å². The van der Waals surface area contributed by atoms with Crippen LogP contribution in [0.15, 0.2) is 30.3 Å². The van der Waals surface area contributed by atoms with Crippen LogP contribution < -0.4 is 3.58 Å². The summed E-state index contributed by atoms with van der Waals surface area (Å²) < 4.78 is 6.42. The van der Waals surface area contributed by atoms with Gasteiger partial charge in [0.2, 0.25) is 0 Å². The molecule has 0 saturated carbocycles. The van der Waals surface area contributed by atoms with Crippen molar-refractivity contribution in [3.63, 3.8) is 0 Å². The number of benzene rings is 1. The van der Waals surface area contributed by atoms with Crippen molar-refractivity contribution in [2.45, 2.75) is 26.5 Å². The van der Waals surface area contributed by atoms with Crippen molar-refractivity contribution in [3.05, 3.63) is 30.3 Å².